The molecule has 0 saturated heterocycles. The minimum atomic E-state index is 0.537. The Morgan fingerprint density at radius 1 is 1.30 bits per heavy atom. The highest BCUT2D eigenvalue weighted by Gasteiger charge is 2.06. The van der Waals surface area contributed by atoms with Crippen molar-refractivity contribution in [2.24, 2.45) is 0 Å². The van der Waals surface area contributed by atoms with E-state index in [4.69, 9.17) is 4.42 Å². The first kappa shape index (κ1) is 12.8. The highest BCUT2D eigenvalue weighted by Crippen LogP contribution is 2.23. The summed E-state index contributed by atoms with van der Waals surface area (Å²) in [6, 6.07) is 6.02. The normalized spacial score (nSPS) is 10.7. The predicted molar refractivity (Wildman–Crippen MR) is 78.6 cm³/mol. The van der Waals surface area contributed by atoms with E-state index in [0.29, 0.717) is 5.89 Å². The van der Waals surface area contributed by atoms with Crippen molar-refractivity contribution < 1.29 is 4.42 Å². The first-order valence-corrected chi connectivity index (χ1v) is 7.12. The molecule has 0 atom stereocenters. The van der Waals surface area contributed by atoms with Crippen molar-refractivity contribution in [1.29, 1.82) is 0 Å². The van der Waals surface area contributed by atoms with Gasteiger partial charge in [0.2, 0.25) is 12.3 Å². The van der Waals surface area contributed by atoms with Crippen molar-refractivity contribution in [3.8, 4) is 11.5 Å². The number of benzene rings is 1. The van der Waals surface area contributed by atoms with Gasteiger partial charge in [0.05, 0.1) is 17.2 Å². The van der Waals surface area contributed by atoms with E-state index in [1.807, 2.05) is 25.1 Å². The summed E-state index contributed by atoms with van der Waals surface area (Å²) in [7, 11) is 0. The van der Waals surface area contributed by atoms with Gasteiger partial charge in [0.15, 0.2) is 0 Å². The third-order valence-corrected chi connectivity index (χ3v) is 3.78. The summed E-state index contributed by atoms with van der Waals surface area (Å²) in [5, 5.41) is 14.2. The number of aromatic nitrogens is 3. The number of thiazole rings is 1. The number of nitrogens with one attached hydrogen (secondary N) is 1. The summed E-state index contributed by atoms with van der Waals surface area (Å²) in [5.74, 6) is 0.537. The Morgan fingerprint density at radius 3 is 2.85 bits per heavy atom. The smallest absolute Gasteiger partial charge is 0.247 e. The lowest BCUT2D eigenvalue weighted by Gasteiger charge is -2.09. The number of aryl methyl sites for hydroxylation is 2. The van der Waals surface area contributed by atoms with Gasteiger partial charge in [-0.05, 0) is 37.6 Å². The quantitative estimate of drug-likeness (QED) is 0.796. The highest BCUT2D eigenvalue weighted by atomic mass is 32.1. The number of hydrogen-bond acceptors (Lipinski definition) is 6. The Balaban J connectivity index is 1.74. The molecular weight excluding hydrogens is 272 g/mol. The Hall–Kier alpha value is -2.21. The summed E-state index contributed by atoms with van der Waals surface area (Å²) >= 11 is 1.67. The second-order valence-corrected chi connectivity index (χ2v) is 5.55. The molecule has 0 amide bonds. The molecule has 3 rings (SSSR count). The van der Waals surface area contributed by atoms with Gasteiger partial charge in [0.25, 0.3) is 0 Å². The maximum Gasteiger partial charge on any atom is 0.247 e. The number of hydrogen-bond donors (Lipinski definition) is 1. The molecule has 0 spiro atoms. The van der Waals surface area contributed by atoms with Crippen LogP contribution in [-0.2, 0) is 6.54 Å². The van der Waals surface area contributed by atoms with E-state index in [0.717, 1.165) is 34.1 Å². The lowest BCUT2D eigenvalue weighted by molar-refractivity contribution is 0.568. The van der Waals surface area contributed by atoms with Gasteiger partial charge in [-0.1, -0.05) is 0 Å². The predicted octanol–water partition coefficient (Wildman–Crippen LogP) is 3.42. The molecule has 0 aliphatic heterocycles. The zero-order valence-corrected chi connectivity index (χ0v) is 12.1. The van der Waals surface area contributed by atoms with Crippen LogP contribution in [-0.4, -0.2) is 15.2 Å². The molecule has 102 valence electrons. The number of rotatable bonds is 4. The molecule has 0 saturated carbocycles. The van der Waals surface area contributed by atoms with Crippen LogP contribution in [0.1, 0.15) is 16.3 Å². The van der Waals surface area contributed by atoms with E-state index in [-0.39, 0.29) is 0 Å². The van der Waals surface area contributed by atoms with Crippen molar-refractivity contribution in [2.75, 3.05) is 5.32 Å². The molecule has 1 N–H and O–H groups in total. The Morgan fingerprint density at radius 2 is 2.20 bits per heavy atom. The molecule has 0 bridgehead atoms. The van der Waals surface area contributed by atoms with Crippen molar-refractivity contribution in [2.45, 2.75) is 20.4 Å². The van der Waals surface area contributed by atoms with Gasteiger partial charge < -0.3 is 9.73 Å². The summed E-state index contributed by atoms with van der Waals surface area (Å²) in [6.45, 7) is 4.79. The average Bonchev–Trinajstić information content (AvgIpc) is 3.08. The van der Waals surface area contributed by atoms with Crippen molar-refractivity contribution in [3.05, 3.63) is 46.2 Å². The average molecular weight is 286 g/mol. The van der Waals surface area contributed by atoms with Crippen LogP contribution in [0.25, 0.3) is 11.5 Å². The first-order chi connectivity index (χ1) is 9.72. The van der Waals surface area contributed by atoms with Crippen LogP contribution >= 0.6 is 11.3 Å². The minimum absolute atomic E-state index is 0.537. The molecule has 20 heavy (non-hydrogen) atoms. The van der Waals surface area contributed by atoms with E-state index < -0.39 is 0 Å². The third kappa shape index (κ3) is 2.70. The zero-order chi connectivity index (χ0) is 13.9. The number of nitrogens with zero attached hydrogens (tertiary/aromatic N) is 3. The van der Waals surface area contributed by atoms with Crippen LogP contribution in [0.15, 0.2) is 34.4 Å². The fourth-order valence-corrected chi connectivity index (χ4v) is 2.58. The van der Waals surface area contributed by atoms with Crippen LogP contribution in [0.2, 0.25) is 0 Å². The second-order valence-electron chi connectivity index (χ2n) is 4.48. The standard InChI is InChI=1S/C14H14N4OS/c1-9-5-11(14-18-16-8-19-14)3-4-13(9)15-6-12-7-20-10(2)17-12/h3-5,7-8,15H,6H2,1-2H3. The monoisotopic (exact) mass is 286 g/mol. The van der Waals surface area contributed by atoms with Crippen LogP contribution in [0.5, 0.6) is 0 Å². The van der Waals surface area contributed by atoms with Gasteiger partial charge in [-0.25, -0.2) is 4.98 Å². The van der Waals surface area contributed by atoms with Crippen LogP contribution in [0.3, 0.4) is 0 Å². The maximum atomic E-state index is 5.20. The Labute approximate surface area is 120 Å². The van der Waals surface area contributed by atoms with E-state index >= 15 is 0 Å². The molecule has 2 aromatic heterocycles. The molecule has 1 aromatic carbocycles. The largest absolute Gasteiger partial charge is 0.423 e. The van der Waals surface area contributed by atoms with Gasteiger partial charge in [0.1, 0.15) is 0 Å². The van der Waals surface area contributed by atoms with Crippen molar-refractivity contribution in [3.63, 3.8) is 0 Å². The second kappa shape index (κ2) is 5.42. The fraction of sp³-hybridized carbons (Fsp3) is 0.214. The molecule has 5 nitrogen and oxygen atoms in total. The summed E-state index contributed by atoms with van der Waals surface area (Å²) in [4.78, 5) is 4.44. The molecule has 0 aliphatic carbocycles. The van der Waals surface area contributed by atoms with Gasteiger partial charge >= 0.3 is 0 Å². The zero-order valence-electron chi connectivity index (χ0n) is 11.3. The van der Waals surface area contributed by atoms with Gasteiger partial charge in [-0.3, -0.25) is 0 Å². The first-order valence-electron chi connectivity index (χ1n) is 6.24. The van der Waals surface area contributed by atoms with Gasteiger partial charge in [-0.15, -0.1) is 21.5 Å². The SMILES string of the molecule is Cc1nc(CNc2ccc(-c3nnco3)cc2C)cs1. The molecule has 6 heteroatoms. The van der Waals surface area contributed by atoms with E-state index in [1.165, 1.54) is 6.39 Å². The van der Waals surface area contributed by atoms with E-state index in [2.05, 4.69) is 32.8 Å². The molecule has 0 fully saturated rings. The van der Waals surface area contributed by atoms with Gasteiger partial charge in [-0.2, -0.15) is 0 Å². The Kier molecular flexibility index (Phi) is 3.47. The van der Waals surface area contributed by atoms with Crippen LogP contribution in [0, 0.1) is 13.8 Å². The fourth-order valence-electron chi connectivity index (χ4n) is 1.97. The molecule has 0 aliphatic rings. The lowest BCUT2D eigenvalue weighted by atomic mass is 10.1. The van der Waals surface area contributed by atoms with Gasteiger partial charge in [0, 0.05) is 16.6 Å². The summed E-state index contributed by atoms with van der Waals surface area (Å²) in [5.41, 5.74) is 4.20. The minimum Gasteiger partial charge on any atom is -0.423 e. The molecule has 3 aromatic rings. The Bertz CT molecular complexity index is 706. The third-order valence-electron chi connectivity index (χ3n) is 2.96. The van der Waals surface area contributed by atoms with Crippen LogP contribution in [0.4, 0.5) is 5.69 Å². The topological polar surface area (TPSA) is 63.8 Å². The molecule has 0 unspecified atom stereocenters. The summed E-state index contributed by atoms with van der Waals surface area (Å²) in [6.07, 6.45) is 1.33. The van der Waals surface area contributed by atoms with Crippen molar-refractivity contribution in [1.82, 2.24) is 15.2 Å². The molecule has 2 heterocycles. The van der Waals surface area contributed by atoms with E-state index in [9.17, 15) is 0 Å². The highest BCUT2D eigenvalue weighted by molar-refractivity contribution is 7.09. The molecular formula is C14H14N4OS. The number of anilines is 1. The maximum absolute atomic E-state index is 5.20. The lowest BCUT2D eigenvalue weighted by Crippen LogP contribution is -2.01. The van der Waals surface area contributed by atoms with E-state index in [1.54, 1.807) is 11.3 Å². The molecule has 0 radical (unpaired) electrons. The van der Waals surface area contributed by atoms with Crippen LogP contribution < -0.4 is 5.32 Å². The summed E-state index contributed by atoms with van der Waals surface area (Å²) < 4.78 is 5.20. The van der Waals surface area contributed by atoms with Crippen molar-refractivity contribution >= 4 is 17.0 Å².